The molecule has 1 aromatic carbocycles. The highest BCUT2D eigenvalue weighted by molar-refractivity contribution is 6.04. The Bertz CT molecular complexity index is 735. The van der Waals surface area contributed by atoms with Gasteiger partial charge in [-0.25, -0.2) is 0 Å². The quantitative estimate of drug-likeness (QED) is 0.844. The molecule has 0 aliphatic carbocycles. The molecule has 1 aromatic heterocycles. The number of aromatic nitrogens is 2. The minimum atomic E-state index is -0.225. The van der Waals surface area contributed by atoms with Crippen molar-refractivity contribution in [1.82, 2.24) is 14.7 Å². The van der Waals surface area contributed by atoms with E-state index in [1.165, 1.54) is 6.20 Å². The molecule has 0 spiro atoms. The van der Waals surface area contributed by atoms with Gasteiger partial charge in [-0.05, 0) is 24.3 Å². The van der Waals surface area contributed by atoms with Crippen molar-refractivity contribution < 1.29 is 14.3 Å². The molecule has 2 amide bonds. The van der Waals surface area contributed by atoms with Gasteiger partial charge in [0.05, 0.1) is 31.5 Å². The Morgan fingerprint density at radius 3 is 2.36 bits per heavy atom. The Balaban J connectivity index is 1.51. The summed E-state index contributed by atoms with van der Waals surface area (Å²) in [6, 6.07) is 7.02. The zero-order valence-corrected chi connectivity index (χ0v) is 14.1. The zero-order valence-electron chi connectivity index (χ0n) is 14.1. The molecule has 0 atom stereocenters. The summed E-state index contributed by atoms with van der Waals surface area (Å²) in [4.78, 5) is 26.2. The van der Waals surface area contributed by atoms with Gasteiger partial charge < -0.3 is 15.4 Å². The lowest BCUT2D eigenvalue weighted by Gasteiger charge is -2.25. The van der Waals surface area contributed by atoms with Gasteiger partial charge in [-0.15, -0.1) is 0 Å². The van der Waals surface area contributed by atoms with Gasteiger partial charge in [0.2, 0.25) is 5.91 Å². The molecule has 0 unspecified atom stereocenters. The van der Waals surface area contributed by atoms with Crippen molar-refractivity contribution in [2.45, 2.75) is 0 Å². The third-order valence-corrected chi connectivity index (χ3v) is 3.86. The van der Waals surface area contributed by atoms with Crippen molar-refractivity contribution in [3.8, 4) is 0 Å². The summed E-state index contributed by atoms with van der Waals surface area (Å²) in [7, 11) is 1.76. The van der Waals surface area contributed by atoms with Crippen molar-refractivity contribution in [1.29, 1.82) is 0 Å². The lowest BCUT2D eigenvalue weighted by molar-refractivity contribution is -0.118. The summed E-state index contributed by atoms with van der Waals surface area (Å²) in [6.45, 7) is 3.22. The molecule has 0 radical (unpaired) electrons. The van der Waals surface area contributed by atoms with Crippen molar-refractivity contribution in [3.63, 3.8) is 0 Å². The average molecular weight is 343 g/mol. The second kappa shape index (κ2) is 7.91. The van der Waals surface area contributed by atoms with Gasteiger partial charge in [0, 0.05) is 37.7 Å². The number of amides is 2. The van der Waals surface area contributed by atoms with Crippen LogP contribution in [0.3, 0.4) is 0 Å². The molecule has 1 fully saturated rings. The summed E-state index contributed by atoms with van der Waals surface area (Å²) < 4.78 is 6.84. The number of rotatable bonds is 5. The third-order valence-electron chi connectivity index (χ3n) is 3.86. The first-order valence-electron chi connectivity index (χ1n) is 8.10. The fraction of sp³-hybridized carbons (Fsp3) is 0.353. The number of hydrogen-bond acceptors (Lipinski definition) is 5. The maximum atomic E-state index is 12.1. The monoisotopic (exact) mass is 343 g/mol. The van der Waals surface area contributed by atoms with E-state index in [0.29, 0.717) is 36.7 Å². The maximum absolute atomic E-state index is 12.1. The number of carbonyl (C=O) groups is 2. The Kier molecular flexibility index (Phi) is 5.42. The molecule has 8 heteroatoms. The van der Waals surface area contributed by atoms with Crippen LogP contribution < -0.4 is 10.6 Å². The minimum Gasteiger partial charge on any atom is -0.379 e. The van der Waals surface area contributed by atoms with E-state index in [4.69, 9.17) is 4.74 Å². The van der Waals surface area contributed by atoms with E-state index in [1.54, 1.807) is 42.2 Å². The van der Waals surface area contributed by atoms with E-state index in [2.05, 4.69) is 20.6 Å². The highest BCUT2D eigenvalue weighted by atomic mass is 16.5. The molecule has 0 bridgehead atoms. The Morgan fingerprint density at radius 2 is 1.76 bits per heavy atom. The maximum Gasteiger partial charge on any atom is 0.258 e. The van der Waals surface area contributed by atoms with E-state index in [-0.39, 0.29) is 11.8 Å². The lowest BCUT2D eigenvalue weighted by Crippen LogP contribution is -2.41. The average Bonchev–Trinajstić information content (AvgIpc) is 3.04. The number of carbonyl (C=O) groups excluding carboxylic acids is 2. The van der Waals surface area contributed by atoms with E-state index in [9.17, 15) is 9.59 Å². The van der Waals surface area contributed by atoms with Crippen molar-refractivity contribution in [2.75, 3.05) is 43.5 Å². The molecule has 1 aliphatic rings. The van der Waals surface area contributed by atoms with Crippen LogP contribution in [0.5, 0.6) is 0 Å². The first kappa shape index (κ1) is 17.1. The van der Waals surface area contributed by atoms with Crippen LogP contribution in [0.25, 0.3) is 0 Å². The smallest absolute Gasteiger partial charge is 0.258 e. The van der Waals surface area contributed by atoms with Crippen LogP contribution in [0, 0.1) is 0 Å². The second-order valence-electron chi connectivity index (χ2n) is 5.87. The van der Waals surface area contributed by atoms with Crippen LogP contribution in [0.1, 0.15) is 10.4 Å². The second-order valence-corrected chi connectivity index (χ2v) is 5.87. The molecule has 2 N–H and O–H groups in total. The molecule has 25 heavy (non-hydrogen) atoms. The van der Waals surface area contributed by atoms with Gasteiger partial charge in [0.25, 0.3) is 5.91 Å². The van der Waals surface area contributed by atoms with Crippen LogP contribution in [0.15, 0.2) is 36.7 Å². The Labute approximate surface area is 145 Å². The number of benzene rings is 1. The summed E-state index contributed by atoms with van der Waals surface area (Å²) >= 11 is 0. The number of ether oxygens (including phenoxy) is 1. The van der Waals surface area contributed by atoms with Crippen LogP contribution in [-0.2, 0) is 16.6 Å². The molecule has 1 aliphatic heterocycles. The van der Waals surface area contributed by atoms with Gasteiger partial charge in [-0.1, -0.05) is 0 Å². The van der Waals surface area contributed by atoms with E-state index < -0.39 is 0 Å². The normalized spacial score (nSPS) is 14.9. The SMILES string of the molecule is Cn1cc(C(=O)Nc2ccc(NC(=O)CN3CCOCC3)cc2)cn1. The number of morpholine rings is 1. The van der Waals surface area contributed by atoms with Crippen molar-refractivity contribution >= 4 is 23.2 Å². The number of aryl methyl sites for hydroxylation is 1. The molecule has 0 saturated carbocycles. The summed E-state index contributed by atoms with van der Waals surface area (Å²) in [5.74, 6) is -0.286. The Morgan fingerprint density at radius 1 is 1.12 bits per heavy atom. The van der Waals surface area contributed by atoms with Crippen LogP contribution >= 0.6 is 0 Å². The number of hydrogen-bond donors (Lipinski definition) is 2. The number of nitrogens with zero attached hydrogens (tertiary/aromatic N) is 3. The first-order chi connectivity index (χ1) is 12.1. The standard InChI is InChI=1S/C17H21N5O3/c1-21-11-13(10-18-21)17(24)20-15-4-2-14(3-5-15)19-16(23)12-22-6-8-25-9-7-22/h2-5,10-11H,6-9,12H2,1H3,(H,19,23)(H,20,24). The molecular formula is C17H21N5O3. The molecule has 2 aromatic rings. The summed E-state index contributed by atoms with van der Waals surface area (Å²) in [5.41, 5.74) is 1.84. The minimum absolute atomic E-state index is 0.0611. The van der Waals surface area contributed by atoms with Gasteiger partial charge in [-0.3, -0.25) is 19.2 Å². The predicted molar refractivity (Wildman–Crippen MR) is 93.5 cm³/mol. The number of anilines is 2. The largest absolute Gasteiger partial charge is 0.379 e. The molecule has 1 saturated heterocycles. The van der Waals surface area contributed by atoms with Gasteiger partial charge >= 0.3 is 0 Å². The molecular weight excluding hydrogens is 322 g/mol. The summed E-state index contributed by atoms with van der Waals surface area (Å²) in [5, 5.41) is 9.62. The van der Waals surface area contributed by atoms with E-state index in [0.717, 1.165) is 13.1 Å². The zero-order chi connectivity index (χ0) is 17.6. The third kappa shape index (κ3) is 4.88. The number of nitrogens with one attached hydrogen (secondary N) is 2. The molecule has 2 heterocycles. The van der Waals surface area contributed by atoms with Gasteiger partial charge in [0.1, 0.15) is 0 Å². The lowest BCUT2D eigenvalue weighted by atomic mass is 10.2. The van der Waals surface area contributed by atoms with Gasteiger partial charge in [-0.2, -0.15) is 5.10 Å². The van der Waals surface area contributed by atoms with Crippen LogP contribution in [0.4, 0.5) is 11.4 Å². The fourth-order valence-electron chi connectivity index (χ4n) is 2.54. The highest BCUT2D eigenvalue weighted by Gasteiger charge is 2.14. The van der Waals surface area contributed by atoms with E-state index >= 15 is 0 Å². The predicted octanol–water partition coefficient (Wildman–Crippen LogP) is 0.943. The van der Waals surface area contributed by atoms with Crippen LogP contribution in [0.2, 0.25) is 0 Å². The molecule has 3 rings (SSSR count). The topological polar surface area (TPSA) is 88.5 Å². The highest BCUT2D eigenvalue weighted by Crippen LogP contribution is 2.14. The molecule has 8 nitrogen and oxygen atoms in total. The summed E-state index contributed by atoms with van der Waals surface area (Å²) in [6.07, 6.45) is 3.16. The van der Waals surface area contributed by atoms with Crippen molar-refractivity contribution in [2.24, 2.45) is 7.05 Å². The fourth-order valence-corrected chi connectivity index (χ4v) is 2.54. The van der Waals surface area contributed by atoms with Crippen molar-refractivity contribution in [3.05, 3.63) is 42.2 Å². The first-order valence-corrected chi connectivity index (χ1v) is 8.10. The van der Waals surface area contributed by atoms with E-state index in [1.807, 2.05) is 0 Å². The Hall–Kier alpha value is -2.71. The van der Waals surface area contributed by atoms with Gasteiger partial charge in [0.15, 0.2) is 0 Å². The molecule has 132 valence electrons. The van der Waals surface area contributed by atoms with Crippen LogP contribution in [-0.4, -0.2) is 59.3 Å².